The number of likely N-dealkylation sites (tertiary alicyclic amines) is 1. The molecule has 0 aliphatic carbocycles. The van der Waals surface area contributed by atoms with E-state index < -0.39 is 0 Å². The molecule has 1 atom stereocenters. The zero-order valence-electron chi connectivity index (χ0n) is 21.0. The fourth-order valence-electron chi connectivity index (χ4n) is 4.64. The molecule has 0 radical (unpaired) electrons. The van der Waals surface area contributed by atoms with Gasteiger partial charge in [0, 0.05) is 26.1 Å². The number of carbonyl (C=O) groups is 2. The summed E-state index contributed by atoms with van der Waals surface area (Å²) in [7, 11) is 0. The molecule has 33 heavy (non-hydrogen) atoms. The maximum atomic E-state index is 12.6. The highest BCUT2D eigenvalue weighted by molar-refractivity contribution is 5.82. The summed E-state index contributed by atoms with van der Waals surface area (Å²) in [5.41, 5.74) is 1.25. The molecule has 0 bridgehead atoms. The molecular weight excluding hydrogens is 410 g/mol. The lowest BCUT2D eigenvalue weighted by Gasteiger charge is -2.23. The van der Waals surface area contributed by atoms with Crippen LogP contribution in [-0.4, -0.2) is 42.4 Å². The molecule has 0 aromatic heterocycles. The zero-order valence-corrected chi connectivity index (χ0v) is 21.0. The Bertz CT molecular complexity index is 650. The average Bonchev–Trinajstić information content (AvgIpc) is 3.29. The van der Waals surface area contributed by atoms with E-state index in [9.17, 15) is 9.59 Å². The number of rotatable bonds is 18. The monoisotopic (exact) mass is 457 g/mol. The van der Waals surface area contributed by atoms with Crippen molar-refractivity contribution in [3.8, 4) is 0 Å². The van der Waals surface area contributed by atoms with Gasteiger partial charge in [0.1, 0.15) is 0 Å². The summed E-state index contributed by atoms with van der Waals surface area (Å²) >= 11 is 0. The van der Waals surface area contributed by atoms with Gasteiger partial charge in [0.2, 0.25) is 11.8 Å². The first-order valence-corrected chi connectivity index (χ1v) is 13.5. The van der Waals surface area contributed by atoms with Crippen LogP contribution in [0.4, 0.5) is 0 Å². The smallest absolute Gasteiger partial charge is 0.237 e. The minimum atomic E-state index is -0.0460. The predicted molar refractivity (Wildman–Crippen MR) is 137 cm³/mol. The molecule has 1 heterocycles. The van der Waals surface area contributed by atoms with Crippen LogP contribution in [0.25, 0.3) is 0 Å². The molecule has 0 saturated carbocycles. The Morgan fingerprint density at radius 3 is 2.18 bits per heavy atom. The summed E-state index contributed by atoms with van der Waals surface area (Å²) in [6, 6.07) is 10.3. The van der Waals surface area contributed by atoms with Crippen molar-refractivity contribution >= 4 is 11.8 Å². The summed E-state index contributed by atoms with van der Waals surface area (Å²) in [6.07, 6.45) is 16.2. The normalized spacial score (nSPS) is 16.1. The fraction of sp³-hybridized carbons (Fsp3) is 0.714. The Kier molecular flexibility index (Phi) is 14.6. The van der Waals surface area contributed by atoms with Crippen LogP contribution >= 0.6 is 0 Å². The third kappa shape index (κ3) is 12.2. The first-order valence-electron chi connectivity index (χ1n) is 13.5. The van der Waals surface area contributed by atoms with Gasteiger partial charge in [-0.2, -0.15) is 0 Å². The van der Waals surface area contributed by atoms with Gasteiger partial charge in [-0.3, -0.25) is 14.5 Å². The summed E-state index contributed by atoms with van der Waals surface area (Å²) in [5, 5.41) is 6.07. The van der Waals surface area contributed by atoms with E-state index in [1.165, 1.54) is 63.4 Å². The maximum absolute atomic E-state index is 12.6. The molecule has 1 aromatic carbocycles. The van der Waals surface area contributed by atoms with Gasteiger partial charge in [0.05, 0.1) is 6.04 Å². The summed E-state index contributed by atoms with van der Waals surface area (Å²) in [6.45, 7) is 5.39. The summed E-state index contributed by atoms with van der Waals surface area (Å²) in [5.74, 6) is 0.209. The number of nitrogens with zero attached hydrogens (tertiary/aromatic N) is 1. The Hall–Kier alpha value is -1.88. The largest absolute Gasteiger partial charge is 0.356 e. The number of nitrogens with one attached hydrogen (secondary N) is 2. The highest BCUT2D eigenvalue weighted by atomic mass is 16.2. The van der Waals surface area contributed by atoms with Crippen molar-refractivity contribution < 1.29 is 9.59 Å². The number of unbranched alkanes of at least 4 members (excludes halogenated alkanes) is 9. The molecule has 0 spiro atoms. The lowest BCUT2D eigenvalue weighted by atomic mass is 10.1. The van der Waals surface area contributed by atoms with Crippen molar-refractivity contribution in [3.05, 3.63) is 35.9 Å². The third-order valence-corrected chi connectivity index (χ3v) is 6.63. The van der Waals surface area contributed by atoms with Gasteiger partial charge < -0.3 is 10.6 Å². The molecule has 2 rings (SSSR count). The van der Waals surface area contributed by atoms with Gasteiger partial charge in [0.25, 0.3) is 0 Å². The van der Waals surface area contributed by atoms with Gasteiger partial charge >= 0.3 is 0 Å². The molecule has 2 N–H and O–H groups in total. The van der Waals surface area contributed by atoms with Gasteiger partial charge in [-0.15, -0.1) is 0 Å². The SMILES string of the molecule is CCCCCCCCCCCCNC(=O)CCCNC(=O)[C@@H]1CCCN1Cc1ccccc1. The van der Waals surface area contributed by atoms with E-state index >= 15 is 0 Å². The molecule has 1 fully saturated rings. The van der Waals surface area contributed by atoms with Crippen molar-refractivity contribution in [1.82, 2.24) is 15.5 Å². The van der Waals surface area contributed by atoms with Crippen LogP contribution in [0.3, 0.4) is 0 Å². The van der Waals surface area contributed by atoms with E-state index in [1.54, 1.807) is 0 Å². The van der Waals surface area contributed by atoms with Crippen LogP contribution in [0.5, 0.6) is 0 Å². The van der Waals surface area contributed by atoms with E-state index in [0.29, 0.717) is 19.4 Å². The first-order chi connectivity index (χ1) is 16.2. The Labute approximate surface area is 202 Å². The van der Waals surface area contributed by atoms with Crippen molar-refractivity contribution in [1.29, 1.82) is 0 Å². The Morgan fingerprint density at radius 2 is 1.48 bits per heavy atom. The second-order valence-corrected chi connectivity index (χ2v) is 9.54. The molecular formula is C28H47N3O2. The minimum Gasteiger partial charge on any atom is -0.356 e. The van der Waals surface area contributed by atoms with Crippen LogP contribution in [-0.2, 0) is 16.1 Å². The van der Waals surface area contributed by atoms with Crippen LogP contribution in [0.2, 0.25) is 0 Å². The molecule has 186 valence electrons. The van der Waals surface area contributed by atoms with E-state index in [4.69, 9.17) is 0 Å². The minimum absolute atomic E-state index is 0.0460. The molecule has 1 aliphatic heterocycles. The summed E-state index contributed by atoms with van der Waals surface area (Å²) in [4.78, 5) is 26.9. The lowest BCUT2D eigenvalue weighted by Crippen LogP contribution is -2.43. The Morgan fingerprint density at radius 1 is 0.848 bits per heavy atom. The van der Waals surface area contributed by atoms with E-state index in [0.717, 1.165) is 38.9 Å². The van der Waals surface area contributed by atoms with Gasteiger partial charge in [-0.05, 0) is 37.8 Å². The summed E-state index contributed by atoms with van der Waals surface area (Å²) < 4.78 is 0. The molecule has 5 heteroatoms. The molecule has 1 saturated heterocycles. The number of carbonyl (C=O) groups excluding carboxylic acids is 2. The highest BCUT2D eigenvalue weighted by Gasteiger charge is 2.30. The Balaban J connectivity index is 1.44. The third-order valence-electron chi connectivity index (χ3n) is 6.63. The number of benzene rings is 1. The standard InChI is InChI=1S/C28H47N3O2/c1-2-3-4-5-6-7-8-9-10-14-21-29-27(32)20-15-22-30-28(33)26-19-16-23-31(26)24-25-17-12-11-13-18-25/h11-13,17-18,26H,2-10,14-16,19-24H2,1H3,(H,29,32)(H,30,33)/t26-/m0/s1. The van der Waals surface area contributed by atoms with Crippen molar-refractivity contribution in [2.24, 2.45) is 0 Å². The van der Waals surface area contributed by atoms with Crippen molar-refractivity contribution in [2.45, 2.75) is 109 Å². The van der Waals surface area contributed by atoms with E-state index in [2.05, 4.69) is 34.6 Å². The lowest BCUT2D eigenvalue weighted by molar-refractivity contribution is -0.126. The second kappa shape index (κ2) is 17.6. The first kappa shape index (κ1) is 27.4. The number of hydrogen-bond acceptors (Lipinski definition) is 3. The van der Waals surface area contributed by atoms with Crippen LogP contribution in [0, 0.1) is 0 Å². The van der Waals surface area contributed by atoms with Gasteiger partial charge in [-0.1, -0.05) is 95.0 Å². The van der Waals surface area contributed by atoms with Gasteiger partial charge in [-0.25, -0.2) is 0 Å². The molecule has 2 amide bonds. The average molecular weight is 458 g/mol. The predicted octanol–water partition coefficient (Wildman–Crippen LogP) is 5.58. The second-order valence-electron chi connectivity index (χ2n) is 9.54. The van der Waals surface area contributed by atoms with Crippen molar-refractivity contribution in [3.63, 3.8) is 0 Å². The molecule has 5 nitrogen and oxygen atoms in total. The maximum Gasteiger partial charge on any atom is 0.237 e. The fourth-order valence-corrected chi connectivity index (χ4v) is 4.64. The van der Waals surface area contributed by atoms with Gasteiger partial charge in [0.15, 0.2) is 0 Å². The highest BCUT2D eigenvalue weighted by Crippen LogP contribution is 2.20. The number of amides is 2. The van der Waals surface area contributed by atoms with Crippen molar-refractivity contribution in [2.75, 3.05) is 19.6 Å². The zero-order chi connectivity index (χ0) is 23.6. The van der Waals surface area contributed by atoms with Crippen LogP contribution < -0.4 is 10.6 Å². The van der Waals surface area contributed by atoms with E-state index in [-0.39, 0.29) is 17.9 Å². The number of hydrogen-bond donors (Lipinski definition) is 2. The molecule has 1 aromatic rings. The topological polar surface area (TPSA) is 61.4 Å². The van der Waals surface area contributed by atoms with Crippen LogP contribution in [0.15, 0.2) is 30.3 Å². The van der Waals surface area contributed by atoms with E-state index in [1.807, 2.05) is 18.2 Å². The van der Waals surface area contributed by atoms with Crippen LogP contribution in [0.1, 0.15) is 102 Å². The molecule has 1 aliphatic rings. The molecule has 0 unspecified atom stereocenters. The quantitative estimate of drug-likeness (QED) is 0.283.